The summed E-state index contributed by atoms with van der Waals surface area (Å²) in [4.78, 5) is 15.7. The average Bonchev–Trinajstić information content (AvgIpc) is 2.83. The number of carboxylic acids is 1. The zero-order valence-electron chi connectivity index (χ0n) is 9.91. The second kappa shape index (κ2) is 4.29. The summed E-state index contributed by atoms with van der Waals surface area (Å²) in [6.07, 6.45) is 3.54. The maximum atomic E-state index is 11.2. The van der Waals surface area contributed by atoms with Gasteiger partial charge in [-0.25, -0.2) is 4.98 Å². The Kier molecular flexibility index (Phi) is 2.63. The normalized spacial score (nSPS) is 18.3. The van der Waals surface area contributed by atoms with Gasteiger partial charge in [-0.3, -0.25) is 4.79 Å². The van der Waals surface area contributed by atoms with Crippen molar-refractivity contribution in [3.8, 4) is 11.3 Å². The van der Waals surface area contributed by atoms with Crippen LogP contribution in [0.4, 0.5) is 0 Å². The van der Waals surface area contributed by atoms with E-state index in [-0.39, 0.29) is 0 Å². The van der Waals surface area contributed by atoms with Crippen molar-refractivity contribution in [3.63, 3.8) is 0 Å². The van der Waals surface area contributed by atoms with Gasteiger partial charge in [-0.05, 0) is 12.8 Å². The molecule has 2 aromatic rings. The van der Waals surface area contributed by atoms with E-state index in [1.807, 2.05) is 41.1 Å². The standard InChI is InChI=1S/C14H14N2O2/c17-14(18)11-7-4-8-16-9-12(15-13(11)16)10-5-2-1-3-6-10/h1-3,5-6,9,11H,4,7-8H2,(H,17,18)/t11-/m1/s1. The van der Waals surface area contributed by atoms with Crippen LogP contribution in [0.5, 0.6) is 0 Å². The van der Waals surface area contributed by atoms with E-state index < -0.39 is 11.9 Å². The first-order chi connectivity index (χ1) is 8.75. The Labute approximate surface area is 105 Å². The van der Waals surface area contributed by atoms with E-state index in [1.165, 1.54) is 0 Å². The fourth-order valence-electron chi connectivity index (χ4n) is 2.46. The minimum atomic E-state index is -0.777. The van der Waals surface area contributed by atoms with Crippen molar-refractivity contribution in [2.45, 2.75) is 25.3 Å². The van der Waals surface area contributed by atoms with Gasteiger partial charge in [0.05, 0.1) is 5.69 Å². The smallest absolute Gasteiger partial charge is 0.314 e. The van der Waals surface area contributed by atoms with Crippen LogP contribution in [0.3, 0.4) is 0 Å². The van der Waals surface area contributed by atoms with Crippen molar-refractivity contribution in [1.82, 2.24) is 9.55 Å². The zero-order chi connectivity index (χ0) is 12.5. The molecular weight excluding hydrogens is 228 g/mol. The van der Waals surface area contributed by atoms with E-state index in [1.54, 1.807) is 0 Å². The molecule has 92 valence electrons. The lowest BCUT2D eigenvalue weighted by molar-refractivity contribution is -0.139. The second-order valence-corrected chi connectivity index (χ2v) is 4.58. The topological polar surface area (TPSA) is 55.1 Å². The molecule has 0 amide bonds. The number of aliphatic carboxylic acids is 1. The predicted octanol–water partition coefficient (Wildman–Crippen LogP) is 2.51. The van der Waals surface area contributed by atoms with E-state index >= 15 is 0 Å². The molecule has 1 atom stereocenters. The quantitative estimate of drug-likeness (QED) is 0.880. The molecule has 0 unspecified atom stereocenters. The van der Waals surface area contributed by atoms with Crippen LogP contribution in [0.2, 0.25) is 0 Å². The lowest BCUT2D eigenvalue weighted by atomic mass is 9.99. The molecule has 4 heteroatoms. The van der Waals surface area contributed by atoms with Gasteiger partial charge in [-0.2, -0.15) is 0 Å². The van der Waals surface area contributed by atoms with Crippen LogP contribution in [-0.4, -0.2) is 20.6 Å². The lowest BCUT2D eigenvalue weighted by Crippen LogP contribution is -2.21. The van der Waals surface area contributed by atoms with Gasteiger partial charge in [0.2, 0.25) is 0 Å². The first kappa shape index (κ1) is 11.0. The summed E-state index contributed by atoms with van der Waals surface area (Å²) in [6, 6.07) is 9.86. The van der Waals surface area contributed by atoms with Crippen molar-refractivity contribution in [3.05, 3.63) is 42.4 Å². The second-order valence-electron chi connectivity index (χ2n) is 4.58. The summed E-state index contributed by atoms with van der Waals surface area (Å²) in [5, 5.41) is 9.21. The van der Waals surface area contributed by atoms with Crippen LogP contribution >= 0.6 is 0 Å². The molecule has 0 bridgehead atoms. The minimum Gasteiger partial charge on any atom is -0.481 e. The molecule has 0 fully saturated rings. The Hall–Kier alpha value is -2.10. The van der Waals surface area contributed by atoms with Crippen LogP contribution in [-0.2, 0) is 11.3 Å². The van der Waals surface area contributed by atoms with Crippen molar-refractivity contribution in [1.29, 1.82) is 0 Å². The van der Waals surface area contributed by atoms with Gasteiger partial charge in [0.25, 0.3) is 0 Å². The van der Waals surface area contributed by atoms with Gasteiger partial charge >= 0.3 is 5.97 Å². The summed E-state index contributed by atoms with van der Waals surface area (Å²) in [7, 11) is 0. The SMILES string of the molecule is O=C(O)[C@@H]1CCCn2cc(-c3ccccc3)nc21. The molecule has 1 aromatic heterocycles. The highest BCUT2D eigenvalue weighted by Gasteiger charge is 2.28. The molecule has 1 aromatic carbocycles. The molecule has 2 heterocycles. The molecular formula is C14H14N2O2. The third-order valence-electron chi connectivity index (χ3n) is 3.38. The Balaban J connectivity index is 2.04. The predicted molar refractivity (Wildman–Crippen MR) is 67.3 cm³/mol. The summed E-state index contributed by atoms with van der Waals surface area (Å²) < 4.78 is 1.98. The number of hydrogen-bond donors (Lipinski definition) is 1. The summed E-state index contributed by atoms with van der Waals surface area (Å²) >= 11 is 0. The molecule has 3 rings (SSSR count). The van der Waals surface area contributed by atoms with Gasteiger partial charge in [0.1, 0.15) is 11.7 Å². The van der Waals surface area contributed by atoms with Gasteiger partial charge in [-0.15, -0.1) is 0 Å². The number of fused-ring (bicyclic) bond motifs is 1. The minimum absolute atomic E-state index is 0.462. The Bertz CT molecular complexity index is 575. The van der Waals surface area contributed by atoms with Crippen LogP contribution in [0.1, 0.15) is 24.6 Å². The van der Waals surface area contributed by atoms with Gasteiger partial charge in [0, 0.05) is 18.3 Å². The molecule has 0 aliphatic carbocycles. The average molecular weight is 242 g/mol. The van der Waals surface area contributed by atoms with Crippen LogP contribution < -0.4 is 0 Å². The van der Waals surface area contributed by atoms with E-state index in [0.29, 0.717) is 12.2 Å². The molecule has 0 radical (unpaired) electrons. The van der Waals surface area contributed by atoms with Crippen molar-refractivity contribution < 1.29 is 9.90 Å². The first-order valence-electron chi connectivity index (χ1n) is 6.11. The summed E-state index contributed by atoms with van der Waals surface area (Å²) in [6.45, 7) is 0.860. The lowest BCUT2D eigenvalue weighted by Gasteiger charge is -2.19. The van der Waals surface area contributed by atoms with Crippen molar-refractivity contribution in [2.75, 3.05) is 0 Å². The number of benzene rings is 1. The van der Waals surface area contributed by atoms with Gasteiger partial charge < -0.3 is 9.67 Å². The van der Waals surface area contributed by atoms with Crippen LogP contribution in [0.25, 0.3) is 11.3 Å². The fourth-order valence-corrected chi connectivity index (χ4v) is 2.46. The highest BCUT2D eigenvalue weighted by atomic mass is 16.4. The first-order valence-corrected chi connectivity index (χ1v) is 6.11. The number of rotatable bonds is 2. The van der Waals surface area contributed by atoms with E-state index in [9.17, 15) is 9.90 Å². The number of aromatic nitrogens is 2. The Morgan fingerprint density at radius 2 is 2.11 bits per heavy atom. The largest absolute Gasteiger partial charge is 0.481 e. The number of carbonyl (C=O) groups is 1. The third-order valence-corrected chi connectivity index (χ3v) is 3.38. The van der Waals surface area contributed by atoms with E-state index in [4.69, 9.17) is 0 Å². The number of nitrogens with zero attached hydrogens (tertiary/aromatic N) is 2. The van der Waals surface area contributed by atoms with Crippen molar-refractivity contribution >= 4 is 5.97 Å². The molecule has 0 saturated carbocycles. The van der Waals surface area contributed by atoms with Gasteiger partial charge in [0.15, 0.2) is 0 Å². The molecule has 1 N–H and O–H groups in total. The van der Waals surface area contributed by atoms with E-state index in [2.05, 4.69) is 4.98 Å². The van der Waals surface area contributed by atoms with Crippen molar-refractivity contribution in [2.24, 2.45) is 0 Å². The fraction of sp³-hybridized carbons (Fsp3) is 0.286. The van der Waals surface area contributed by atoms with Crippen LogP contribution in [0, 0.1) is 0 Å². The number of imidazole rings is 1. The third kappa shape index (κ3) is 1.79. The molecule has 18 heavy (non-hydrogen) atoms. The van der Waals surface area contributed by atoms with Gasteiger partial charge in [-0.1, -0.05) is 30.3 Å². The number of aryl methyl sites for hydroxylation is 1. The molecule has 4 nitrogen and oxygen atoms in total. The van der Waals surface area contributed by atoms with E-state index in [0.717, 1.165) is 24.2 Å². The molecule has 0 spiro atoms. The molecule has 1 aliphatic rings. The summed E-state index contributed by atoms with van der Waals surface area (Å²) in [5.74, 6) is -0.551. The highest BCUT2D eigenvalue weighted by Crippen LogP contribution is 2.29. The molecule has 0 saturated heterocycles. The highest BCUT2D eigenvalue weighted by molar-refractivity contribution is 5.75. The number of carboxylic acid groups (broad SMARTS) is 1. The Morgan fingerprint density at radius 3 is 2.83 bits per heavy atom. The zero-order valence-corrected chi connectivity index (χ0v) is 9.91. The monoisotopic (exact) mass is 242 g/mol. The maximum Gasteiger partial charge on any atom is 0.314 e. The number of hydrogen-bond acceptors (Lipinski definition) is 2. The van der Waals surface area contributed by atoms with Crippen LogP contribution in [0.15, 0.2) is 36.5 Å². The summed E-state index contributed by atoms with van der Waals surface area (Å²) in [5.41, 5.74) is 1.89. The maximum absolute atomic E-state index is 11.2. The Morgan fingerprint density at radius 1 is 1.33 bits per heavy atom. The molecule has 1 aliphatic heterocycles.